The van der Waals surface area contributed by atoms with Gasteiger partial charge in [0.25, 0.3) is 0 Å². The second-order valence-corrected chi connectivity index (χ2v) is 8.96. The third-order valence-electron chi connectivity index (χ3n) is 6.61. The van der Waals surface area contributed by atoms with Crippen LogP contribution in [0.3, 0.4) is 0 Å². The van der Waals surface area contributed by atoms with Crippen LogP contribution in [0.5, 0.6) is 5.75 Å². The van der Waals surface area contributed by atoms with Crippen LogP contribution in [0.4, 0.5) is 10.2 Å². The maximum Gasteiger partial charge on any atom is 0.195 e. The van der Waals surface area contributed by atoms with E-state index in [1.165, 1.54) is 12.4 Å². The number of ether oxygens (including phenoxy) is 1. The molecule has 3 aromatic carbocycles. The summed E-state index contributed by atoms with van der Waals surface area (Å²) >= 11 is 0. The minimum Gasteiger partial charge on any atom is -0.486 e. The number of nitrogens with zero attached hydrogens (tertiary/aromatic N) is 2. The number of hydrogen-bond donors (Lipinski definition) is 2. The number of rotatable bonds is 8. The zero-order valence-corrected chi connectivity index (χ0v) is 19.6. The number of aliphatic hydroxyl groups excluding tert-OH is 1. The molecule has 1 heterocycles. The van der Waals surface area contributed by atoms with Gasteiger partial charge >= 0.3 is 0 Å². The number of nitrogens with two attached hydrogens (primary N) is 1. The third-order valence-corrected chi connectivity index (χ3v) is 6.61. The molecule has 182 valence electrons. The van der Waals surface area contributed by atoms with Gasteiger partial charge in [-0.25, -0.2) is 9.37 Å². The fourth-order valence-corrected chi connectivity index (χ4v) is 4.30. The van der Waals surface area contributed by atoms with E-state index in [1.807, 2.05) is 12.1 Å². The molecule has 1 fully saturated rings. The molecule has 1 unspecified atom stereocenters. The Kier molecular flexibility index (Phi) is 6.73. The van der Waals surface area contributed by atoms with E-state index in [-0.39, 0.29) is 29.9 Å². The Bertz CT molecular complexity index is 1360. The van der Waals surface area contributed by atoms with Gasteiger partial charge in [0.1, 0.15) is 18.5 Å². The van der Waals surface area contributed by atoms with Gasteiger partial charge < -0.3 is 15.6 Å². The van der Waals surface area contributed by atoms with Gasteiger partial charge in [-0.15, -0.1) is 0 Å². The first kappa shape index (κ1) is 23.6. The van der Waals surface area contributed by atoms with Gasteiger partial charge in [0.2, 0.25) is 0 Å². The molecule has 3 N–H and O–H groups in total. The van der Waals surface area contributed by atoms with E-state index in [0.717, 1.165) is 30.4 Å². The molecule has 0 radical (unpaired) electrons. The Morgan fingerprint density at radius 1 is 1.03 bits per heavy atom. The molecule has 0 bridgehead atoms. The molecule has 0 amide bonds. The number of halogens is 1. The first-order valence-electron chi connectivity index (χ1n) is 11.9. The highest BCUT2D eigenvalue weighted by Crippen LogP contribution is 2.44. The number of benzene rings is 3. The summed E-state index contributed by atoms with van der Waals surface area (Å²) in [7, 11) is 0. The molecule has 0 spiro atoms. The van der Waals surface area contributed by atoms with Crippen LogP contribution >= 0.6 is 0 Å². The number of hydrogen-bond acceptors (Lipinski definition) is 6. The van der Waals surface area contributed by atoms with Gasteiger partial charge in [0.15, 0.2) is 17.3 Å². The van der Waals surface area contributed by atoms with Gasteiger partial charge in [-0.1, -0.05) is 67.1 Å². The van der Waals surface area contributed by atoms with E-state index in [2.05, 4.69) is 9.97 Å². The van der Waals surface area contributed by atoms with Crippen LogP contribution in [0, 0.1) is 5.82 Å². The van der Waals surface area contributed by atoms with Gasteiger partial charge in [0, 0.05) is 16.7 Å². The minimum absolute atomic E-state index is 0.128. The van der Waals surface area contributed by atoms with Crippen molar-refractivity contribution in [3.05, 3.63) is 107 Å². The Labute approximate surface area is 208 Å². The largest absolute Gasteiger partial charge is 0.486 e. The van der Waals surface area contributed by atoms with Crippen molar-refractivity contribution in [2.75, 3.05) is 5.73 Å². The van der Waals surface area contributed by atoms with E-state index >= 15 is 4.39 Å². The smallest absolute Gasteiger partial charge is 0.195 e. The number of aliphatic hydroxyl groups is 1. The predicted molar refractivity (Wildman–Crippen MR) is 135 cm³/mol. The van der Waals surface area contributed by atoms with Crippen LogP contribution in [-0.4, -0.2) is 20.9 Å². The molecule has 7 heteroatoms. The highest BCUT2D eigenvalue weighted by molar-refractivity contribution is 5.99. The van der Waals surface area contributed by atoms with Crippen molar-refractivity contribution in [3.8, 4) is 17.0 Å². The topological polar surface area (TPSA) is 98.3 Å². The fourth-order valence-electron chi connectivity index (χ4n) is 4.30. The maximum absolute atomic E-state index is 15.7. The zero-order chi connectivity index (χ0) is 25.1. The van der Waals surface area contributed by atoms with Crippen molar-refractivity contribution in [2.24, 2.45) is 0 Å². The Balaban J connectivity index is 1.35. The molecule has 36 heavy (non-hydrogen) atoms. The summed E-state index contributed by atoms with van der Waals surface area (Å²) in [6.07, 6.45) is 4.72. The number of carbonyl (C=O) groups excluding carboxylic acids is 1. The van der Waals surface area contributed by atoms with E-state index in [4.69, 9.17) is 10.5 Å². The van der Waals surface area contributed by atoms with Crippen LogP contribution in [0.2, 0.25) is 0 Å². The zero-order valence-electron chi connectivity index (χ0n) is 19.6. The van der Waals surface area contributed by atoms with Crippen LogP contribution in [-0.2, 0) is 6.61 Å². The first-order chi connectivity index (χ1) is 17.5. The number of nitrogen functional groups attached to an aromatic ring is 1. The van der Waals surface area contributed by atoms with Crippen molar-refractivity contribution in [3.63, 3.8) is 0 Å². The summed E-state index contributed by atoms with van der Waals surface area (Å²) in [4.78, 5) is 20.9. The number of anilines is 1. The second-order valence-electron chi connectivity index (χ2n) is 8.96. The second kappa shape index (κ2) is 10.3. The molecule has 1 aliphatic rings. The molecule has 6 nitrogen and oxygen atoms in total. The van der Waals surface area contributed by atoms with Crippen LogP contribution < -0.4 is 10.5 Å². The van der Waals surface area contributed by atoms with Crippen molar-refractivity contribution in [2.45, 2.75) is 37.9 Å². The van der Waals surface area contributed by atoms with Crippen LogP contribution in [0.25, 0.3) is 11.3 Å². The quantitative estimate of drug-likeness (QED) is 0.315. The van der Waals surface area contributed by atoms with Crippen molar-refractivity contribution in [1.82, 2.24) is 9.97 Å². The molecule has 1 aromatic heterocycles. The lowest BCUT2D eigenvalue weighted by Gasteiger charge is -2.28. The van der Waals surface area contributed by atoms with Gasteiger partial charge in [-0.05, 0) is 36.0 Å². The number of carbonyl (C=O) groups is 1. The van der Waals surface area contributed by atoms with Gasteiger partial charge in [-0.3, -0.25) is 9.78 Å². The summed E-state index contributed by atoms with van der Waals surface area (Å²) < 4.78 is 21.7. The monoisotopic (exact) mass is 483 g/mol. The summed E-state index contributed by atoms with van der Waals surface area (Å²) in [6.45, 7) is 0.128. The van der Waals surface area contributed by atoms with Crippen molar-refractivity contribution >= 4 is 11.6 Å². The number of aromatic nitrogens is 2. The molecular formula is C29H26FN3O3. The molecule has 4 aromatic rings. The minimum atomic E-state index is -1.23. The lowest BCUT2D eigenvalue weighted by Crippen LogP contribution is -2.13. The molecule has 1 saturated carbocycles. The van der Waals surface area contributed by atoms with E-state index in [1.54, 1.807) is 54.6 Å². The number of ketones is 1. The van der Waals surface area contributed by atoms with Crippen LogP contribution in [0.1, 0.15) is 58.3 Å². The molecule has 1 atom stereocenters. The van der Waals surface area contributed by atoms with Gasteiger partial charge in [0.05, 0.1) is 18.1 Å². The average Bonchev–Trinajstić information content (AvgIpc) is 2.88. The molecule has 0 aliphatic heterocycles. The Hall–Kier alpha value is -4.10. The lowest BCUT2D eigenvalue weighted by atomic mass is 9.79. The van der Waals surface area contributed by atoms with Crippen LogP contribution in [0.15, 0.2) is 79.1 Å². The Morgan fingerprint density at radius 3 is 2.42 bits per heavy atom. The highest BCUT2D eigenvalue weighted by Gasteiger charge is 2.27. The third kappa shape index (κ3) is 4.83. The van der Waals surface area contributed by atoms with E-state index < -0.39 is 11.9 Å². The Morgan fingerprint density at radius 2 is 1.78 bits per heavy atom. The fraction of sp³-hybridized carbons (Fsp3) is 0.207. The van der Waals surface area contributed by atoms with E-state index in [0.29, 0.717) is 22.4 Å². The average molecular weight is 484 g/mol. The van der Waals surface area contributed by atoms with Crippen molar-refractivity contribution < 1.29 is 19.0 Å². The summed E-state index contributed by atoms with van der Waals surface area (Å²) in [5.41, 5.74) is 8.86. The number of Topliss-reactive ketones (excluding diaryl/α,β-unsaturated/α-hetero) is 1. The molecule has 1 aliphatic carbocycles. The lowest BCUT2D eigenvalue weighted by molar-refractivity contribution is 0.0747. The summed E-state index contributed by atoms with van der Waals surface area (Å²) in [6, 6.07) is 19.2. The predicted octanol–water partition coefficient (Wildman–Crippen LogP) is 5.63. The molecule has 5 rings (SSSR count). The normalized spacial score (nSPS) is 14.2. The first-order valence-corrected chi connectivity index (χ1v) is 11.9. The standard InChI is InChI=1S/C29H26FN3O3/c30-26-23(24-15-33-25(31)16-32-24)14-13-22(19-7-4-8-19)29(26)36-17-18-9-11-21(12-10-18)28(35)27(34)20-5-2-1-3-6-20/h1-3,5-6,9-16,19,27,34H,4,7-8,17H2,(H2,31,33). The SMILES string of the molecule is Nc1cnc(-c2ccc(C3CCC3)c(OCc3ccc(C(=O)C(O)c4ccccc4)cc3)c2F)cn1. The molecular weight excluding hydrogens is 457 g/mol. The highest BCUT2D eigenvalue weighted by atomic mass is 19.1. The summed E-state index contributed by atoms with van der Waals surface area (Å²) in [5.74, 6) is -0.114. The molecule has 0 saturated heterocycles. The summed E-state index contributed by atoms with van der Waals surface area (Å²) in [5, 5.41) is 10.4. The van der Waals surface area contributed by atoms with E-state index in [9.17, 15) is 9.90 Å². The van der Waals surface area contributed by atoms with Crippen molar-refractivity contribution in [1.29, 1.82) is 0 Å². The maximum atomic E-state index is 15.7. The van der Waals surface area contributed by atoms with Gasteiger partial charge in [-0.2, -0.15) is 0 Å².